The lowest BCUT2D eigenvalue weighted by atomic mass is 10.0. The number of aliphatic hydroxyl groups excluding tert-OH is 1. The molecule has 0 aromatic heterocycles. The maximum Gasteiger partial charge on any atom is 0.126 e. The van der Waals surface area contributed by atoms with Crippen molar-refractivity contribution in [2.24, 2.45) is 5.73 Å². The predicted octanol–water partition coefficient (Wildman–Crippen LogP) is 3.51. The molecule has 0 fully saturated rings. The number of hydrogen-bond acceptors (Lipinski definition) is 3. The second-order valence-corrected chi connectivity index (χ2v) is 7.30. The summed E-state index contributed by atoms with van der Waals surface area (Å²) in [6.07, 6.45) is -0.628. The molecule has 0 saturated heterocycles. The Labute approximate surface area is 156 Å². The highest BCUT2D eigenvalue weighted by atomic mass is 79.9. The minimum Gasteiger partial charge on any atom is -0.390 e. The van der Waals surface area contributed by atoms with Crippen molar-refractivity contribution < 1.29 is 13.9 Å². The summed E-state index contributed by atoms with van der Waals surface area (Å²) in [7, 11) is 0. The van der Waals surface area contributed by atoms with E-state index >= 15 is 0 Å². The van der Waals surface area contributed by atoms with Gasteiger partial charge >= 0.3 is 0 Å². The van der Waals surface area contributed by atoms with E-state index in [0.717, 1.165) is 20.6 Å². The van der Waals surface area contributed by atoms with Crippen LogP contribution in [-0.4, -0.2) is 23.8 Å². The normalized spacial score (nSPS) is 13.8. The standard InChI is InChI=1S/C17H18Br2F2N2O/c18-14-2-1-10(5-15(14)19)8-23-9-17(24)16(22)6-11-3-12(20)7-13(21)4-11/h1-5,7,16-17,23-24H,6,8-9,22H2. The minimum atomic E-state index is -0.824. The summed E-state index contributed by atoms with van der Waals surface area (Å²) in [6.45, 7) is 0.858. The van der Waals surface area contributed by atoms with Gasteiger partial charge in [-0.3, -0.25) is 0 Å². The first-order valence-corrected chi connectivity index (χ1v) is 8.97. The molecule has 3 nitrogen and oxygen atoms in total. The Morgan fingerprint density at radius 2 is 1.67 bits per heavy atom. The van der Waals surface area contributed by atoms with Gasteiger partial charge in [0.15, 0.2) is 0 Å². The van der Waals surface area contributed by atoms with Gasteiger partial charge in [-0.1, -0.05) is 6.07 Å². The summed E-state index contributed by atoms with van der Waals surface area (Å²) in [5.41, 5.74) is 7.40. The van der Waals surface area contributed by atoms with E-state index in [-0.39, 0.29) is 13.0 Å². The second kappa shape index (κ2) is 9.01. The topological polar surface area (TPSA) is 58.3 Å². The number of nitrogens with two attached hydrogens (primary N) is 1. The Balaban J connectivity index is 1.82. The minimum absolute atomic E-state index is 0.196. The summed E-state index contributed by atoms with van der Waals surface area (Å²) in [4.78, 5) is 0. The molecule has 2 aromatic carbocycles. The SMILES string of the molecule is NC(Cc1cc(F)cc(F)c1)C(O)CNCc1ccc(Br)c(Br)c1. The summed E-state index contributed by atoms with van der Waals surface area (Å²) in [6, 6.07) is 8.51. The van der Waals surface area contributed by atoms with Crippen LogP contribution in [0.4, 0.5) is 8.78 Å². The van der Waals surface area contributed by atoms with Crippen LogP contribution in [0.3, 0.4) is 0 Å². The van der Waals surface area contributed by atoms with Crippen LogP contribution in [-0.2, 0) is 13.0 Å². The highest BCUT2D eigenvalue weighted by molar-refractivity contribution is 9.13. The molecule has 2 atom stereocenters. The quantitative estimate of drug-likeness (QED) is 0.588. The molecule has 0 saturated carbocycles. The van der Waals surface area contributed by atoms with Crippen LogP contribution < -0.4 is 11.1 Å². The molecular formula is C17H18Br2F2N2O. The van der Waals surface area contributed by atoms with Crippen LogP contribution >= 0.6 is 31.9 Å². The molecule has 0 amide bonds. The van der Waals surface area contributed by atoms with Crippen molar-refractivity contribution >= 4 is 31.9 Å². The number of benzene rings is 2. The fourth-order valence-electron chi connectivity index (χ4n) is 2.30. The van der Waals surface area contributed by atoms with E-state index in [9.17, 15) is 13.9 Å². The molecule has 0 spiro atoms. The largest absolute Gasteiger partial charge is 0.390 e. The number of nitrogens with one attached hydrogen (secondary N) is 1. The number of rotatable bonds is 7. The van der Waals surface area contributed by atoms with E-state index in [1.54, 1.807) is 0 Å². The molecule has 0 heterocycles. The van der Waals surface area contributed by atoms with Gasteiger partial charge in [-0.15, -0.1) is 0 Å². The molecule has 0 aliphatic heterocycles. The molecule has 2 rings (SSSR count). The smallest absolute Gasteiger partial charge is 0.126 e. The van der Waals surface area contributed by atoms with Gasteiger partial charge in [0, 0.05) is 34.1 Å². The lowest BCUT2D eigenvalue weighted by Crippen LogP contribution is -2.43. The van der Waals surface area contributed by atoms with Crippen molar-refractivity contribution in [3.63, 3.8) is 0 Å². The van der Waals surface area contributed by atoms with Gasteiger partial charge in [0.25, 0.3) is 0 Å². The van der Waals surface area contributed by atoms with Crippen molar-refractivity contribution in [3.05, 3.63) is 68.1 Å². The molecule has 7 heteroatoms. The number of aliphatic hydroxyl groups is 1. The van der Waals surface area contributed by atoms with Crippen molar-refractivity contribution in [1.82, 2.24) is 5.32 Å². The van der Waals surface area contributed by atoms with Crippen LogP contribution in [0.25, 0.3) is 0 Å². The van der Waals surface area contributed by atoms with Crippen LogP contribution in [0.15, 0.2) is 45.3 Å². The second-order valence-electron chi connectivity index (χ2n) is 5.59. The fourth-order valence-corrected chi connectivity index (χ4v) is 2.98. The van der Waals surface area contributed by atoms with Crippen LogP contribution in [0.2, 0.25) is 0 Å². The maximum absolute atomic E-state index is 13.2. The zero-order chi connectivity index (χ0) is 17.7. The molecule has 0 aliphatic rings. The molecule has 0 bridgehead atoms. The van der Waals surface area contributed by atoms with Crippen molar-refractivity contribution in [2.45, 2.75) is 25.1 Å². The summed E-state index contributed by atoms with van der Waals surface area (Å²) < 4.78 is 28.3. The molecule has 0 aliphatic carbocycles. The first-order valence-electron chi connectivity index (χ1n) is 7.38. The third kappa shape index (κ3) is 5.89. The summed E-state index contributed by atoms with van der Waals surface area (Å²) >= 11 is 6.84. The predicted molar refractivity (Wildman–Crippen MR) is 97.6 cm³/mol. The Bertz CT molecular complexity index is 680. The lowest BCUT2D eigenvalue weighted by molar-refractivity contribution is 0.141. The third-order valence-corrected chi connectivity index (χ3v) is 5.43. The van der Waals surface area contributed by atoms with E-state index in [0.29, 0.717) is 12.1 Å². The van der Waals surface area contributed by atoms with Gasteiger partial charge in [-0.05, 0) is 73.7 Å². The van der Waals surface area contributed by atoms with Crippen LogP contribution in [0, 0.1) is 11.6 Å². The van der Waals surface area contributed by atoms with E-state index in [4.69, 9.17) is 5.73 Å². The van der Waals surface area contributed by atoms with Gasteiger partial charge in [-0.2, -0.15) is 0 Å². The highest BCUT2D eigenvalue weighted by Crippen LogP contribution is 2.23. The van der Waals surface area contributed by atoms with Gasteiger partial charge in [0.05, 0.1) is 6.10 Å². The van der Waals surface area contributed by atoms with Gasteiger partial charge < -0.3 is 16.2 Å². The average Bonchev–Trinajstić information content (AvgIpc) is 2.49. The first kappa shape index (κ1) is 19.5. The van der Waals surface area contributed by atoms with Gasteiger partial charge in [0.2, 0.25) is 0 Å². The van der Waals surface area contributed by atoms with Crippen molar-refractivity contribution in [2.75, 3.05) is 6.54 Å². The van der Waals surface area contributed by atoms with E-state index < -0.39 is 23.8 Å². The molecule has 2 aromatic rings. The molecular weight excluding hydrogens is 446 g/mol. The zero-order valence-electron chi connectivity index (χ0n) is 12.8. The Kier molecular flexibility index (Phi) is 7.31. The Morgan fingerprint density at radius 3 is 2.29 bits per heavy atom. The number of halogens is 4. The zero-order valence-corrected chi connectivity index (χ0v) is 15.9. The Morgan fingerprint density at radius 1 is 1.00 bits per heavy atom. The maximum atomic E-state index is 13.2. The van der Waals surface area contributed by atoms with Crippen molar-refractivity contribution in [3.8, 4) is 0 Å². The number of hydrogen-bond donors (Lipinski definition) is 3. The van der Waals surface area contributed by atoms with E-state index in [1.165, 1.54) is 12.1 Å². The first-order chi connectivity index (χ1) is 11.3. The molecule has 2 unspecified atom stereocenters. The third-order valence-electron chi connectivity index (χ3n) is 3.55. The fraction of sp³-hybridized carbons (Fsp3) is 0.294. The van der Waals surface area contributed by atoms with Gasteiger partial charge in [0.1, 0.15) is 11.6 Å². The monoisotopic (exact) mass is 462 g/mol. The van der Waals surface area contributed by atoms with Crippen LogP contribution in [0.1, 0.15) is 11.1 Å². The average molecular weight is 464 g/mol. The molecule has 4 N–H and O–H groups in total. The Hall–Kier alpha value is -0.860. The van der Waals surface area contributed by atoms with Gasteiger partial charge in [-0.25, -0.2) is 8.78 Å². The van der Waals surface area contributed by atoms with E-state index in [1.807, 2.05) is 18.2 Å². The van der Waals surface area contributed by atoms with E-state index in [2.05, 4.69) is 37.2 Å². The summed E-state index contributed by atoms with van der Waals surface area (Å²) in [5, 5.41) is 13.2. The summed E-state index contributed by atoms with van der Waals surface area (Å²) in [5.74, 6) is -1.30. The molecule has 24 heavy (non-hydrogen) atoms. The molecule has 130 valence electrons. The van der Waals surface area contributed by atoms with Crippen LogP contribution in [0.5, 0.6) is 0 Å². The van der Waals surface area contributed by atoms with Crippen molar-refractivity contribution in [1.29, 1.82) is 0 Å². The molecule has 0 radical (unpaired) electrons. The lowest BCUT2D eigenvalue weighted by Gasteiger charge is -2.19. The highest BCUT2D eigenvalue weighted by Gasteiger charge is 2.16.